The van der Waals surface area contributed by atoms with Gasteiger partial charge in [-0.1, -0.05) is 29.8 Å². The summed E-state index contributed by atoms with van der Waals surface area (Å²) < 4.78 is 41.8. The molecule has 0 aliphatic heterocycles. The minimum absolute atomic E-state index is 0.0378. The molecule has 11 heteroatoms. The van der Waals surface area contributed by atoms with Gasteiger partial charge in [-0.05, 0) is 36.8 Å². The van der Waals surface area contributed by atoms with E-state index in [0.717, 1.165) is 5.56 Å². The van der Waals surface area contributed by atoms with E-state index < -0.39 is 40.2 Å². The Morgan fingerprint density at radius 3 is 2.30 bits per heavy atom. The summed E-state index contributed by atoms with van der Waals surface area (Å²) in [6, 6.07) is 11.1. The first kappa shape index (κ1) is 24.1. The number of sulfonamides is 1. The van der Waals surface area contributed by atoms with Crippen LogP contribution in [0.1, 0.15) is 23.0 Å². The lowest BCUT2D eigenvalue weighted by molar-refractivity contribution is -0.125. The van der Waals surface area contributed by atoms with Crippen molar-refractivity contribution in [3.8, 4) is 0 Å². The van der Waals surface area contributed by atoms with Crippen LogP contribution in [0.5, 0.6) is 0 Å². The number of aryl methyl sites for hydroxylation is 2. The molecule has 0 spiro atoms. The minimum atomic E-state index is -3.86. The maximum Gasteiger partial charge on any atom is 0.241 e. The molecule has 9 nitrogen and oxygen atoms in total. The van der Waals surface area contributed by atoms with Crippen molar-refractivity contribution in [2.45, 2.75) is 17.9 Å². The SMILES string of the molecule is Cc1ccc(S(=O)(=O)NCC(=O)NCC(=O)NC(c2ccc(F)cc2)c2nccn2C)cc1. The fourth-order valence-electron chi connectivity index (χ4n) is 3.02. The normalized spacial score (nSPS) is 12.2. The summed E-state index contributed by atoms with van der Waals surface area (Å²) in [6.45, 7) is 0.925. The monoisotopic (exact) mass is 473 g/mol. The second kappa shape index (κ2) is 10.4. The Morgan fingerprint density at radius 2 is 1.70 bits per heavy atom. The van der Waals surface area contributed by atoms with Crippen molar-refractivity contribution in [2.75, 3.05) is 13.1 Å². The standard InChI is InChI=1S/C22H24FN5O4S/c1-15-3-9-18(10-4-15)33(31,32)26-14-19(29)25-13-20(30)27-21(22-24-11-12-28(22)2)16-5-7-17(23)8-6-16/h3-12,21,26H,13-14H2,1-2H3,(H,25,29)(H,27,30). The summed E-state index contributed by atoms with van der Waals surface area (Å²) in [6.07, 6.45) is 3.28. The molecule has 33 heavy (non-hydrogen) atoms. The second-order valence-corrected chi connectivity index (χ2v) is 9.13. The van der Waals surface area contributed by atoms with Crippen molar-refractivity contribution >= 4 is 21.8 Å². The topological polar surface area (TPSA) is 122 Å². The number of hydrogen-bond donors (Lipinski definition) is 3. The Balaban J connectivity index is 1.57. The van der Waals surface area contributed by atoms with E-state index in [-0.39, 0.29) is 11.4 Å². The molecule has 174 valence electrons. The molecule has 0 bridgehead atoms. The van der Waals surface area contributed by atoms with E-state index in [1.54, 1.807) is 36.1 Å². The Hall–Kier alpha value is -3.57. The van der Waals surface area contributed by atoms with Crippen molar-refractivity contribution in [1.29, 1.82) is 0 Å². The molecule has 0 fully saturated rings. The summed E-state index contributed by atoms with van der Waals surface area (Å²) in [7, 11) is -2.10. The third-order valence-corrected chi connectivity index (χ3v) is 6.24. The van der Waals surface area contributed by atoms with Crippen LogP contribution < -0.4 is 15.4 Å². The van der Waals surface area contributed by atoms with E-state index in [0.29, 0.717) is 11.4 Å². The van der Waals surface area contributed by atoms with Crippen LogP contribution >= 0.6 is 0 Å². The zero-order valence-corrected chi connectivity index (χ0v) is 18.9. The molecule has 3 rings (SSSR count). The highest BCUT2D eigenvalue weighted by atomic mass is 32.2. The van der Waals surface area contributed by atoms with Gasteiger partial charge in [0.25, 0.3) is 0 Å². The van der Waals surface area contributed by atoms with Crippen LogP contribution in [0.2, 0.25) is 0 Å². The first-order chi connectivity index (χ1) is 15.7. The zero-order valence-electron chi connectivity index (χ0n) is 18.1. The molecule has 1 unspecified atom stereocenters. The van der Waals surface area contributed by atoms with E-state index >= 15 is 0 Å². The Bertz CT molecular complexity index is 1220. The quantitative estimate of drug-likeness (QED) is 0.431. The maximum atomic E-state index is 13.3. The number of carbonyl (C=O) groups excluding carboxylic acids is 2. The summed E-state index contributed by atoms with van der Waals surface area (Å²) in [5.41, 5.74) is 1.51. The van der Waals surface area contributed by atoms with Gasteiger partial charge in [-0.15, -0.1) is 0 Å². The third kappa shape index (κ3) is 6.46. The summed E-state index contributed by atoms with van der Waals surface area (Å²) >= 11 is 0. The molecule has 2 aromatic carbocycles. The van der Waals surface area contributed by atoms with E-state index in [4.69, 9.17) is 0 Å². The third-order valence-electron chi connectivity index (χ3n) is 4.83. The lowest BCUT2D eigenvalue weighted by Gasteiger charge is -2.19. The number of nitrogens with one attached hydrogen (secondary N) is 3. The van der Waals surface area contributed by atoms with Gasteiger partial charge in [0.1, 0.15) is 17.7 Å². The number of aromatic nitrogens is 2. The number of imidazole rings is 1. The van der Waals surface area contributed by atoms with Gasteiger partial charge in [0.15, 0.2) is 0 Å². The zero-order chi connectivity index (χ0) is 24.0. The highest BCUT2D eigenvalue weighted by molar-refractivity contribution is 7.89. The van der Waals surface area contributed by atoms with Gasteiger partial charge < -0.3 is 15.2 Å². The van der Waals surface area contributed by atoms with Crippen LogP contribution in [-0.4, -0.2) is 42.9 Å². The van der Waals surface area contributed by atoms with Gasteiger partial charge in [-0.25, -0.2) is 22.5 Å². The predicted octanol–water partition coefficient (Wildman–Crippen LogP) is 1.17. The van der Waals surface area contributed by atoms with Gasteiger partial charge >= 0.3 is 0 Å². The predicted molar refractivity (Wildman–Crippen MR) is 119 cm³/mol. The molecule has 0 saturated heterocycles. The molecule has 2 amide bonds. The summed E-state index contributed by atoms with van der Waals surface area (Å²) in [5, 5.41) is 5.13. The molecule has 0 radical (unpaired) electrons. The van der Waals surface area contributed by atoms with Gasteiger partial charge in [0, 0.05) is 19.4 Å². The van der Waals surface area contributed by atoms with Crippen LogP contribution in [0.15, 0.2) is 65.8 Å². The van der Waals surface area contributed by atoms with Crippen LogP contribution in [0, 0.1) is 12.7 Å². The van der Waals surface area contributed by atoms with Crippen LogP contribution in [0.4, 0.5) is 4.39 Å². The molecule has 0 saturated carbocycles. The van der Waals surface area contributed by atoms with Crippen molar-refractivity contribution in [3.63, 3.8) is 0 Å². The van der Waals surface area contributed by atoms with Crippen LogP contribution in [0.25, 0.3) is 0 Å². The fourth-order valence-corrected chi connectivity index (χ4v) is 4.00. The van der Waals surface area contributed by atoms with Crippen LogP contribution in [-0.2, 0) is 26.7 Å². The summed E-state index contributed by atoms with van der Waals surface area (Å²) in [4.78, 5) is 28.8. The molecular weight excluding hydrogens is 449 g/mol. The van der Waals surface area contributed by atoms with E-state index in [9.17, 15) is 22.4 Å². The molecule has 0 aliphatic carbocycles. The molecule has 3 N–H and O–H groups in total. The minimum Gasteiger partial charge on any atom is -0.346 e. The number of hydrogen-bond acceptors (Lipinski definition) is 5. The van der Waals surface area contributed by atoms with E-state index in [1.807, 2.05) is 6.92 Å². The number of carbonyl (C=O) groups is 2. The lowest BCUT2D eigenvalue weighted by Crippen LogP contribution is -2.43. The van der Waals surface area contributed by atoms with Gasteiger partial charge in [-0.3, -0.25) is 9.59 Å². The Morgan fingerprint density at radius 1 is 1.03 bits per heavy atom. The van der Waals surface area contributed by atoms with Gasteiger partial charge in [0.2, 0.25) is 21.8 Å². The molecule has 1 aromatic heterocycles. The molecular formula is C22H24FN5O4S. The highest BCUT2D eigenvalue weighted by Crippen LogP contribution is 2.20. The number of amides is 2. The number of benzene rings is 2. The smallest absolute Gasteiger partial charge is 0.241 e. The van der Waals surface area contributed by atoms with Crippen LogP contribution in [0.3, 0.4) is 0 Å². The second-order valence-electron chi connectivity index (χ2n) is 7.36. The first-order valence-electron chi connectivity index (χ1n) is 10.0. The number of nitrogens with zero attached hydrogens (tertiary/aromatic N) is 2. The molecule has 1 atom stereocenters. The fraction of sp³-hybridized carbons (Fsp3) is 0.227. The van der Waals surface area contributed by atoms with Gasteiger partial charge in [-0.2, -0.15) is 0 Å². The molecule has 0 aliphatic rings. The van der Waals surface area contributed by atoms with Crippen molar-refractivity contribution < 1.29 is 22.4 Å². The molecule has 3 aromatic rings. The Labute approximate surface area is 191 Å². The Kier molecular flexibility index (Phi) is 7.56. The van der Waals surface area contributed by atoms with Crippen molar-refractivity contribution in [1.82, 2.24) is 24.9 Å². The number of halogens is 1. The van der Waals surface area contributed by atoms with E-state index in [1.165, 1.54) is 36.4 Å². The lowest BCUT2D eigenvalue weighted by atomic mass is 10.1. The highest BCUT2D eigenvalue weighted by Gasteiger charge is 2.21. The van der Waals surface area contributed by atoms with Crippen molar-refractivity contribution in [2.24, 2.45) is 7.05 Å². The average Bonchev–Trinajstić information content (AvgIpc) is 3.21. The van der Waals surface area contributed by atoms with Gasteiger partial charge in [0.05, 0.1) is 18.0 Å². The average molecular weight is 474 g/mol. The maximum absolute atomic E-state index is 13.3. The number of rotatable bonds is 9. The first-order valence-corrected chi connectivity index (χ1v) is 11.5. The summed E-state index contributed by atoms with van der Waals surface area (Å²) in [5.74, 6) is -1.09. The van der Waals surface area contributed by atoms with Crippen molar-refractivity contribution in [3.05, 3.63) is 83.7 Å². The largest absolute Gasteiger partial charge is 0.346 e. The molecule has 1 heterocycles. The van der Waals surface area contributed by atoms with E-state index in [2.05, 4.69) is 20.3 Å².